The summed E-state index contributed by atoms with van der Waals surface area (Å²) < 4.78 is 79.9. The van der Waals surface area contributed by atoms with Gasteiger partial charge in [0.1, 0.15) is 0 Å². The minimum absolute atomic E-state index is 0.291. The molecule has 0 radical (unpaired) electrons. The van der Waals surface area contributed by atoms with Crippen LogP contribution >= 0.6 is 0 Å². The number of nitrogens with one attached hydrogen (secondary N) is 1. The molecule has 1 aromatic carbocycles. The molecule has 1 amide bonds. The average Bonchev–Trinajstić information content (AvgIpc) is 3.26. The smallest absolute Gasteiger partial charge is 0.372 e. The third-order valence-corrected chi connectivity index (χ3v) is 5.42. The number of pyridine rings is 1. The lowest BCUT2D eigenvalue weighted by Crippen LogP contribution is -2.29. The lowest BCUT2D eigenvalue weighted by Gasteiger charge is -2.28. The summed E-state index contributed by atoms with van der Waals surface area (Å²) in [4.78, 5) is 18.3. The molecule has 3 aromatic rings. The van der Waals surface area contributed by atoms with Crippen molar-refractivity contribution in [2.24, 2.45) is 0 Å². The zero-order valence-electron chi connectivity index (χ0n) is 17.6. The summed E-state index contributed by atoms with van der Waals surface area (Å²) in [6, 6.07) is 8.09. The van der Waals surface area contributed by atoms with Crippen LogP contribution in [0.2, 0.25) is 0 Å². The van der Waals surface area contributed by atoms with Crippen LogP contribution in [0.5, 0.6) is 0 Å². The van der Waals surface area contributed by atoms with Gasteiger partial charge in [-0.25, -0.2) is 9.67 Å². The van der Waals surface area contributed by atoms with Crippen molar-refractivity contribution in [3.8, 4) is 5.82 Å². The van der Waals surface area contributed by atoms with Gasteiger partial charge in [-0.1, -0.05) is 0 Å². The Balaban J connectivity index is 1.58. The number of carbonyl (C=O) groups excluding carboxylic acids is 1. The highest BCUT2D eigenvalue weighted by molar-refractivity contribution is 6.05. The molecular weight excluding hydrogens is 464 g/mol. The van der Waals surface area contributed by atoms with Crippen molar-refractivity contribution >= 4 is 17.3 Å². The van der Waals surface area contributed by atoms with Crippen LogP contribution in [0.15, 0.2) is 48.8 Å². The van der Waals surface area contributed by atoms with Crippen LogP contribution in [0, 0.1) is 0 Å². The topological polar surface area (TPSA) is 63.1 Å². The third kappa shape index (κ3) is 5.00. The molecule has 0 spiro atoms. The van der Waals surface area contributed by atoms with E-state index in [-0.39, 0.29) is 0 Å². The zero-order chi connectivity index (χ0) is 24.5. The second kappa shape index (κ2) is 8.99. The van der Waals surface area contributed by atoms with Gasteiger partial charge in [-0.15, -0.1) is 0 Å². The summed E-state index contributed by atoms with van der Waals surface area (Å²) in [6.07, 6.45) is -5.28. The molecule has 0 saturated carbocycles. The van der Waals surface area contributed by atoms with E-state index in [0.717, 1.165) is 37.7 Å². The van der Waals surface area contributed by atoms with E-state index >= 15 is 0 Å². The molecule has 1 aliphatic heterocycles. The Kier molecular flexibility index (Phi) is 6.24. The van der Waals surface area contributed by atoms with Crippen molar-refractivity contribution in [2.75, 3.05) is 23.3 Å². The number of carbonyl (C=O) groups is 1. The van der Waals surface area contributed by atoms with Crippen molar-refractivity contribution in [2.45, 2.75) is 31.6 Å². The quantitative estimate of drug-likeness (QED) is 0.495. The number of rotatable bonds is 4. The molecule has 1 N–H and O–H groups in total. The van der Waals surface area contributed by atoms with Gasteiger partial charge < -0.3 is 10.2 Å². The average molecular weight is 483 g/mol. The van der Waals surface area contributed by atoms with Gasteiger partial charge in [0, 0.05) is 30.7 Å². The number of hydrogen-bond donors (Lipinski definition) is 1. The standard InChI is InChI=1S/C22H19F6N5O/c23-21(24,25)14-4-9-18(29-12-14)33-19(22(26,27)28)17(13-30-33)20(34)31-15-5-7-16(8-6-15)32-10-2-1-3-11-32/h4-9,12-13H,1-3,10-11H2,(H,31,34). The van der Waals surface area contributed by atoms with Crippen LogP contribution < -0.4 is 10.2 Å². The molecule has 2 aromatic heterocycles. The summed E-state index contributed by atoms with van der Waals surface area (Å²) >= 11 is 0. The highest BCUT2D eigenvalue weighted by Crippen LogP contribution is 2.34. The Morgan fingerprint density at radius 3 is 2.09 bits per heavy atom. The maximum atomic E-state index is 13.8. The number of aromatic nitrogens is 3. The van der Waals surface area contributed by atoms with Gasteiger partial charge in [0.2, 0.25) is 0 Å². The van der Waals surface area contributed by atoms with Crippen LogP contribution in [0.4, 0.5) is 37.7 Å². The Morgan fingerprint density at radius 2 is 1.53 bits per heavy atom. The van der Waals surface area contributed by atoms with E-state index in [2.05, 4.69) is 20.3 Å². The van der Waals surface area contributed by atoms with Crippen molar-refractivity contribution in [3.63, 3.8) is 0 Å². The third-order valence-electron chi connectivity index (χ3n) is 5.42. The van der Waals surface area contributed by atoms with Crippen LogP contribution in [-0.4, -0.2) is 33.8 Å². The molecule has 34 heavy (non-hydrogen) atoms. The summed E-state index contributed by atoms with van der Waals surface area (Å²) in [7, 11) is 0. The maximum Gasteiger partial charge on any atom is 0.434 e. The molecule has 6 nitrogen and oxygen atoms in total. The zero-order valence-corrected chi connectivity index (χ0v) is 17.6. The highest BCUT2D eigenvalue weighted by atomic mass is 19.4. The van der Waals surface area contributed by atoms with Gasteiger partial charge in [0.05, 0.1) is 17.3 Å². The van der Waals surface area contributed by atoms with Crippen LogP contribution in [-0.2, 0) is 12.4 Å². The van der Waals surface area contributed by atoms with Crippen LogP contribution in [0.25, 0.3) is 5.82 Å². The van der Waals surface area contributed by atoms with E-state index in [1.54, 1.807) is 24.3 Å². The van der Waals surface area contributed by atoms with Crippen molar-refractivity contribution in [1.82, 2.24) is 14.8 Å². The Labute approximate surface area is 190 Å². The molecule has 1 fully saturated rings. The number of piperidine rings is 1. The highest BCUT2D eigenvalue weighted by Gasteiger charge is 2.41. The predicted octanol–water partition coefficient (Wildman–Crippen LogP) is 5.55. The van der Waals surface area contributed by atoms with E-state index < -0.39 is 40.9 Å². The first-order chi connectivity index (χ1) is 16.0. The minimum Gasteiger partial charge on any atom is -0.372 e. The lowest BCUT2D eigenvalue weighted by molar-refractivity contribution is -0.143. The molecular formula is C22H19F6N5O. The summed E-state index contributed by atoms with van der Waals surface area (Å²) in [5, 5.41) is 5.98. The Hall–Kier alpha value is -3.57. The van der Waals surface area contributed by atoms with E-state index in [1.807, 2.05) is 0 Å². The number of amides is 1. The first-order valence-electron chi connectivity index (χ1n) is 10.4. The molecule has 4 rings (SSSR count). The van der Waals surface area contributed by atoms with Gasteiger partial charge in [-0.05, 0) is 55.7 Å². The van der Waals surface area contributed by atoms with Gasteiger partial charge in [0.15, 0.2) is 11.5 Å². The SMILES string of the molecule is O=C(Nc1ccc(N2CCCCC2)cc1)c1cnn(-c2ccc(C(F)(F)F)cn2)c1C(F)(F)F. The molecule has 1 saturated heterocycles. The normalized spacial score (nSPS) is 14.8. The van der Waals surface area contributed by atoms with E-state index in [4.69, 9.17) is 0 Å². The Morgan fingerprint density at radius 1 is 0.853 bits per heavy atom. The molecule has 12 heteroatoms. The van der Waals surface area contributed by atoms with Gasteiger partial charge in [-0.3, -0.25) is 4.79 Å². The van der Waals surface area contributed by atoms with Gasteiger partial charge in [0.25, 0.3) is 5.91 Å². The van der Waals surface area contributed by atoms with Crippen LogP contribution in [0.1, 0.15) is 40.9 Å². The van der Waals surface area contributed by atoms with E-state index in [9.17, 15) is 31.1 Å². The van der Waals surface area contributed by atoms with Crippen molar-refractivity contribution < 1.29 is 31.1 Å². The van der Waals surface area contributed by atoms with Gasteiger partial charge in [-0.2, -0.15) is 31.4 Å². The number of anilines is 2. The number of hydrogen-bond acceptors (Lipinski definition) is 4. The number of halogens is 6. The van der Waals surface area contributed by atoms with Crippen molar-refractivity contribution in [1.29, 1.82) is 0 Å². The Bertz CT molecular complexity index is 1150. The number of benzene rings is 1. The van der Waals surface area contributed by atoms with E-state index in [1.165, 1.54) is 6.42 Å². The fraction of sp³-hybridized carbons (Fsp3) is 0.318. The largest absolute Gasteiger partial charge is 0.434 e. The molecule has 0 atom stereocenters. The summed E-state index contributed by atoms with van der Waals surface area (Å²) in [5.41, 5.74) is -2.10. The lowest BCUT2D eigenvalue weighted by atomic mass is 10.1. The summed E-state index contributed by atoms with van der Waals surface area (Å²) in [6.45, 7) is 1.83. The maximum absolute atomic E-state index is 13.8. The number of nitrogens with zero attached hydrogens (tertiary/aromatic N) is 4. The van der Waals surface area contributed by atoms with E-state index in [0.29, 0.717) is 28.8 Å². The molecule has 0 aliphatic carbocycles. The van der Waals surface area contributed by atoms with Gasteiger partial charge >= 0.3 is 12.4 Å². The molecule has 0 bridgehead atoms. The fourth-order valence-corrected chi connectivity index (χ4v) is 3.75. The molecule has 180 valence electrons. The number of alkyl halides is 6. The minimum atomic E-state index is -5.02. The predicted molar refractivity (Wildman–Crippen MR) is 112 cm³/mol. The first-order valence-corrected chi connectivity index (χ1v) is 10.4. The molecule has 3 heterocycles. The fourth-order valence-electron chi connectivity index (χ4n) is 3.75. The summed E-state index contributed by atoms with van der Waals surface area (Å²) in [5.74, 6) is -1.57. The molecule has 1 aliphatic rings. The van der Waals surface area contributed by atoms with Crippen molar-refractivity contribution in [3.05, 3.63) is 65.6 Å². The monoisotopic (exact) mass is 483 g/mol. The molecule has 0 unspecified atom stereocenters. The first kappa shape index (κ1) is 23.6. The van der Waals surface area contributed by atoms with Crippen LogP contribution in [0.3, 0.4) is 0 Å². The second-order valence-corrected chi connectivity index (χ2v) is 7.77. The second-order valence-electron chi connectivity index (χ2n) is 7.77.